The maximum atomic E-state index is 12.6. The summed E-state index contributed by atoms with van der Waals surface area (Å²) >= 11 is 0. The van der Waals surface area contributed by atoms with Crippen molar-refractivity contribution < 1.29 is 18.7 Å². The van der Waals surface area contributed by atoms with Gasteiger partial charge in [-0.3, -0.25) is 9.36 Å². The average molecular weight is 319 g/mol. The Hall–Kier alpha value is -2.77. The minimum absolute atomic E-state index is 0.134. The number of aryl methyl sites for hydroxylation is 1. The van der Waals surface area contributed by atoms with Crippen LogP contribution in [0, 0.1) is 0 Å². The van der Waals surface area contributed by atoms with E-state index in [2.05, 4.69) is 4.74 Å². The molecular weight excluding hydrogens is 302 g/mol. The van der Waals surface area contributed by atoms with Crippen molar-refractivity contribution in [1.29, 1.82) is 0 Å². The van der Waals surface area contributed by atoms with Crippen molar-refractivity contribution in [2.75, 3.05) is 33.3 Å². The first-order valence-corrected chi connectivity index (χ1v) is 7.23. The summed E-state index contributed by atoms with van der Waals surface area (Å²) in [6.07, 6.45) is -0.382. The van der Waals surface area contributed by atoms with Crippen molar-refractivity contribution in [3.8, 4) is 0 Å². The molecule has 0 radical (unpaired) electrons. The van der Waals surface area contributed by atoms with E-state index in [1.807, 2.05) is 0 Å². The summed E-state index contributed by atoms with van der Waals surface area (Å²) in [5.41, 5.74) is 1.51. The van der Waals surface area contributed by atoms with Crippen molar-refractivity contribution in [3.63, 3.8) is 0 Å². The highest BCUT2D eigenvalue weighted by molar-refractivity contribution is 5.97. The molecule has 1 saturated heterocycles. The van der Waals surface area contributed by atoms with Gasteiger partial charge in [0.1, 0.15) is 0 Å². The second kappa shape index (κ2) is 5.79. The van der Waals surface area contributed by atoms with Gasteiger partial charge in [-0.2, -0.15) is 0 Å². The summed E-state index contributed by atoms with van der Waals surface area (Å²) in [7, 11) is 2.93. The number of methoxy groups -OCH3 is 1. The standard InChI is InChI=1S/C15H17N3O5/c1-16-11-9-10(3-4-12(11)23-14(16)20)13(19)17-5-7-18(8-6-17)15(21)22-2/h3-4,9H,5-8H2,1-2H3. The predicted octanol–water partition coefficient (Wildman–Crippen LogP) is 0.656. The molecule has 8 heteroatoms. The minimum Gasteiger partial charge on any atom is -0.453 e. The fourth-order valence-electron chi connectivity index (χ4n) is 2.66. The molecule has 1 aromatic carbocycles. The van der Waals surface area contributed by atoms with E-state index in [0.717, 1.165) is 0 Å². The zero-order chi connectivity index (χ0) is 16.6. The van der Waals surface area contributed by atoms with Crippen LogP contribution in [0.1, 0.15) is 10.4 Å². The fourth-order valence-corrected chi connectivity index (χ4v) is 2.66. The highest BCUT2D eigenvalue weighted by Crippen LogP contribution is 2.16. The van der Waals surface area contributed by atoms with Gasteiger partial charge in [-0.25, -0.2) is 9.59 Å². The summed E-state index contributed by atoms with van der Waals surface area (Å²) in [6.45, 7) is 1.75. The van der Waals surface area contributed by atoms with Gasteiger partial charge < -0.3 is 19.0 Å². The van der Waals surface area contributed by atoms with Crippen LogP contribution < -0.4 is 5.76 Å². The van der Waals surface area contributed by atoms with Crippen LogP contribution in [0.2, 0.25) is 0 Å². The van der Waals surface area contributed by atoms with Crippen LogP contribution in [-0.4, -0.2) is 59.7 Å². The molecule has 2 aromatic rings. The maximum Gasteiger partial charge on any atom is 0.419 e. The van der Waals surface area contributed by atoms with E-state index in [4.69, 9.17) is 4.42 Å². The summed E-state index contributed by atoms with van der Waals surface area (Å²) in [4.78, 5) is 38.8. The van der Waals surface area contributed by atoms with Crippen LogP contribution in [0.15, 0.2) is 27.4 Å². The molecule has 1 aromatic heterocycles. The van der Waals surface area contributed by atoms with Gasteiger partial charge in [0.15, 0.2) is 5.58 Å². The number of nitrogens with zero attached hydrogens (tertiary/aromatic N) is 3. The maximum absolute atomic E-state index is 12.6. The second-order valence-corrected chi connectivity index (χ2v) is 5.36. The van der Waals surface area contributed by atoms with Crippen molar-refractivity contribution in [2.45, 2.75) is 0 Å². The Morgan fingerprint density at radius 1 is 1.13 bits per heavy atom. The highest BCUT2D eigenvalue weighted by atomic mass is 16.5. The van der Waals surface area contributed by atoms with Crippen LogP contribution in [0.4, 0.5) is 4.79 Å². The molecule has 0 atom stereocenters. The number of fused-ring (bicyclic) bond motifs is 1. The Morgan fingerprint density at radius 2 is 1.78 bits per heavy atom. The molecule has 2 amide bonds. The third kappa shape index (κ3) is 2.67. The summed E-state index contributed by atoms with van der Waals surface area (Å²) in [5, 5.41) is 0. The first-order valence-electron chi connectivity index (χ1n) is 7.23. The molecule has 1 fully saturated rings. The number of aromatic nitrogens is 1. The number of hydrogen-bond donors (Lipinski definition) is 0. The molecule has 122 valence electrons. The Labute approximate surface area is 131 Å². The van der Waals surface area contributed by atoms with Gasteiger partial charge in [0.25, 0.3) is 5.91 Å². The number of piperazine rings is 1. The summed E-state index contributed by atoms with van der Waals surface area (Å²) in [5.74, 6) is -0.596. The lowest BCUT2D eigenvalue weighted by atomic mass is 10.1. The van der Waals surface area contributed by atoms with Crippen LogP contribution >= 0.6 is 0 Å². The van der Waals surface area contributed by atoms with Gasteiger partial charge in [-0.1, -0.05) is 0 Å². The molecule has 1 aliphatic rings. The van der Waals surface area contributed by atoms with Crippen molar-refractivity contribution in [3.05, 3.63) is 34.3 Å². The molecule has 23 heavy (non-hydrogen) atoms. The normalized spacial score (nSPS) is 15.0. The molecule has 8 nitrogen and oxygen atoms in total. The number of oxazole rings is 1. The van der Waals surface area contributed by atoms with E-state index in [1.54, 1.807) is 35.0 Å². The second-order valence-electron chi connectivity index (χ2n) is 5.36. The summed E-state index contributed by atoms with van der Waals surface area (Å²) < 4.78 is 11.1. The predicted molar refractivity (Wildman–Crippen MR) is 81.3 cm³/mol. The number of carbonyl (C=O) groups excluding carboxylic acids is 2. The van der Waals surface area contributed by atoms with Gasteiger partial charge in [0.2, 0.25) is 0 Å². The fraction of sp³-hybridized carbons (Fsp3) is 0.400. The largest absolute Gasteiger partial charge is 0.453 e. The Morgan fingerprint density at radius 3 is 2.43 bits per heavy atom. The van der Waals surface area contributed by atoms with E-state index in [9.17, 15) is 14.4 Å². The molecule has 0 unspecified atom stereocenters. The molecule has 3 rings (SSSR count). The van der Waals surface area contributed by atoms with E-state index in [0.29, 0.717) is 42.8 Å². The van der Waals surface area contributed by atoms with Gasteiger partial charge in [-0.15, -0.1) is 0 Å². The third-order valence-electron chi connectivity index (χ3n) is 4.04. The van der Waals surface area contributed by atoms with Crippen LogP contribution in [0.5, 0.6) is 0 Å². The summed E-state index contributed by atoms with van der Waals surface area (Å²) in [6, 6.07) is 4.91. The first kappa shape index (κ1) is 15.1. The zero-order valence-corrected chi connectivity index (χ0v) is 12.9. The molecule has 0 saturated carbocycles. The molecule has 0 aliphatic carbocycles. The van der Waals surface area contributed by atoms with Gasteiger partial charge in [-0.05, 0) is 18.2 Å². The minimum atomic E-state index is -0.462. The van der Waals surface area contributed by atoms with Crippen LogP contribution in [-0.2, 0) is 11.8 Å². The van der Waals surface area contributed by atoms with Gasteiger partial charge in [0, 0.05) is 38.8 Å². The van der Waals surface area contributed by atoms with Gasteiger partial charge >= 0.3 is 11.8 Å². The highest BCUT2D eigenvalue weighted by Gasteiger charge is 2.25. The third-order valence-corrected chi connectivity index (χ3v) is 4.04. The van der Waals surface area contributed by atoms with Crippen molar-refractivity contribution in [1.82, 2.24) is 14.4 Å². The number of rotatable bonds is 1. The SMILES string of the molecule is COC(=O)N1CCN(C(=O)c2ccc3oc(=O)n(C)c3c2)CC1. The van der Waals surface area contributed by atoms with Crippen LogP contribution in [0.25, 0.3) is 11.1 Å². The Bertz CT molecular complexity index is 814. The average Bonchev–Trinajstić information content (AvgIpc) is 2.87. The van der Waals surface area contributed by atoms with E-state index < -0.39 is 5.76 Å². The van der Waals surface area contributed by atoms with Crippen molar-refractivity contribution in [2.24, 2.45) is 7.05 Å². The Balaban J connectivity index is 1.77. The number of ether oxygens (including phenoxy) is 1. The lowest BCUT2D eigenvalue weighted by Gasteiger charge is -2.33. The van der Waals surface area contributed by atoms with Gasteiger partial charge in [0.05, 0.1) is 12.6 Å². The number of hydrogen-bond acceptors (Lipinski definition) is 5. The molecule has 0 N–H and O–H groups in total. The lowest BCUT2D eigenvalue weighted by molar-refractivity contribution is 0.0600. The number of amides is 2. The topological polar surface area (TPSA) is 85.0 Å². The quantitative estimate of drug-likeness (QED) is 0.771. The molecular formula is C15H17N3O5. The first-order chi connectivity index (χ1) is 11.0. The Kier molecular flexibility index (Phi) is 3.81. The van der Waals surface area contributed by atoms with Crippen LogP contribution in [0.3, 0.4) is 0 Å². The zero-order valence-electron chi connectivity index (χ0n) is 12.9. The van der Waals surface area contributed by atoms with E-state index >= 15 is 0 Å². The number of benzene rings is 1. The number of carbonyl (C=O) groups is 2. The monoisotopic (exact) mass is 319 g/mol. The molecule has 2 heterocycles. The smallest absolute Gasteiger partial charge is 0.419 e. The molecule has 1 aliphatic heterocycles. The lowest BCUT2D eigenvalue weighted by Crippen LogP contribution is -2.50. The van der Waals surface area contributed by atoms with E-state index in [-0.39, 0.29) is 12.0 Å². The molecule has 0 spiro atoms. The van der Waals surface area contributed by atoms with Crippen molar-refractivity contribution >= 4 is 23.1 Å². The van der Waals surface area contributed by atoms with E-state index in [1.165, 1.54) is 11.7 Å². The molecule has 0 bridgehead atoms.